The summed E-state index contributed by atoms with van der Waals surface area (Å²) in [4.78, 5) is 15.4. The van der Waals surface area contributed by atoms with Gasteiger partial charge in [-0.25, -0.2) is 0 Å². The number of para-hydroxylation sites is 1. The first-order valence-electron chi connectivity index (χ1n) is 7.19. The van der Waals surface area contributed by atoms with E-state index in [1.165, 1.54) is 5.56 Å². The molecule has 0 atom stereocenters. The van der Waals surface area contributed by atoms with Gasteiger partial charge < -0.3 is 9.42 Å². The van der Waals surface area contributed by atoms with Gasteiger partial charge in [-0.3, -0.25) is 4.79 Å². The molecule has 0 fully saturated rings. The molecule has 0 saturated heterocycles. The van der Waals surface area contributed by atoms with Crippen LogP contribution in [0.2, 0.25) is 0 Å². The molecule has 3 heterocycles. The van der Waals surface area contributed by atoms with Crippen LogP contribution in [0.3, 0.4) is 0 Å². The summed E-state index contributed by atoms with van der Waals surface area (Å²) in [6, 6.07) is 13.9. The first-order valence-corrected chi connectivity index (χ1v) is 8.07. The molecule has 1 aliphatic rings. The zero-order valence-electron chi connectivity index (χ0n) is 11.9. The minimum Gasteiger partial charge on any atom is -0.355 e. The molecule has 1 aliphatic heterocycles. The van der Waals surface area contributed by atoms with Gasteiger partial charge in [0.1, 0.15) is 0 Å². The summed E-state index contributed by atoms with van der Waals surface area (Å²) in [7, 11) is 0. The molecule has 1 aromatic carbocycles. The van der Waals surface area contributed by atoms with E-state index in [-0.39, 0.29) is 12.3 Å². The number of anilines is 1. The Morgan fingerprint density at radius 2 is 2.18 bits per heavy atom. The Labute approximate surface area is 132 Å². The number of nitrogens with zero attached hydrogens (tertiary/aromatic N) is 2. The number of hydrogen-bond donors (Lipinski definition) is 0. The van der Waals surface area contributed by atoms with Gasteiger partial charge in [0.05, 0.1) is 17.0 Å². The summed E-state index contributed by atoms with van der Waals surface area (Å²) >= 11 is 1.60. The standard InChI is InChI=1S/C17H14N2O2S/c20-17(19-8-7-12-4-1-2-5-14(12)19)11-13-10-15(21-18-13)16-6-3-9-22-16/h1-6,9-10H,7-8,11H2. The van der Waals surface area contributed by atoms with E-state index >= 15 is 0 Å². The highest BCUT2D eigenvalue weighted by Gasteiger charge is 2.25. The van der Waals surface area contributed by atoms with Gasteiger partial charge in [0.25, 0.3) is 0 Å². The number of thiophene rings is 1. The molecule has 0 spiro atoms. The summed E-state index contributed by atoms with van der Waals surface area (Å²) in [6.07, 6.45) is 1.18. The van der Waals surface area contributed by atoms with Crippen LogP contribution in [-0.4, -0.2) is 17.6 Å². The molecule has 5 heteroatoms. The SMILES string of the molecule is O=C(Cc1cc(-c2cccs2)on1)N1CCc2ccccc21. The number of amides is 1. The highest BCUT2D eigenvalue weighted by atomic mass is 32.1. The monoisotopic (exact) mass is 310 g/mol. The van der Waals surface area contributed by atoms with Crippen molar-refractivity contribution in [1.29, 1.82) is 0 Å². The number of fused-ring (bicyclic) bond motifs is 1. The zero-order chi connectivity index (χ0) is 14.9. The van der Waals surface area contributed by atoms with E-state index in [0.29, 0.717) is 5.69 Å². The number of carbonyl (C=O) groups is 1. The van der Waals surface area contributed by atoms with Crippen molar-refractivity contribution in [3.8, 4) is 10.6 Å². The van der Waals surface area contributed by atoms with Crippen molar-refractivity contribution >= 4 is 22.9 Å². The van der Waals surface area contributed by atoms with Crippen molar-refractivity contribution in [1.82, 2.24) is 5.16 Å². The van der Waals surface area contributed by atoms with Crippen LogP contribution in [-0.2, 0) is 17.6 Å². The van der Waals surface area contributed by atoms with Crippen molar-refractivity contribution < 1.29 is 9.32 Å². The van der Waals surface area contributed by atoms with E-state index in [1.54, 1.807) is 11.3 Å². The highest BCUT2D eigenvalue weighted by molar-refractivity contribution is 7.13. The normalized spacial score (nSPS) is 13.4. The van der Waals surface area contributed by atoms with Crippen LogP contribution in [0.4, 0.5) is 5.69 Å². The zero-order valence-corrected chi connectivity index (χ0v) is 12.7. The van der Waals surface area contributed by atoms with Gasteiger partial charge >= 0.3 is 0 Å². The van der Waals surface area contributed by atoms with Gasteiger partial charge in [0.15, 0.2) is 5.76 Å². The van der Waals surface area contributed by atoms with Crippen LogP contribution in [0, 0.1) is 0 Å². The molecule has 0 saturated carbocycles. The second-order valence-corrected chi connectivity index (χ2v) is 6.21. The van der Waals surface area contributed by atoms with Crippen LogP contribution in [0.5, 0.6) is 0 Å². The van der Waals surface area contributed by atoms with Crippen LogP contribution < -0.4 is 4.90 Å². The Morgan fingerprint density at radius 3 is 3.05 bits per heavy atom. The lowest BCUT2D eigenvalue weighted by Gasteiger charge is -2.16. The number of benzene rings is 1. The van der Waals surface area contributed by atoms with E-state index < -0.39 is 0 Å². The summed E-state index contributed by atoms with van der Waals surface area (Å²) in [5, 5.41) is 6.01. The third-order valence-corrected chi connectivity index (χ3v) is 4.73. The third-order valence-electron chi connectivity index (χ3n) is 3.84. The maximum atomic E-state index is 12.5. The molecule has 110 valence electrons. The molecule has 0 N–H and O–H groups in total. The van der Waals surface area contributed by atoms with Gasteiger partial charge in [0.2, 0.25) is 5.91 Å². The van der Waals surface area contributed by atoms with Gasteiger partial charge in [0, 0.05) is 18.3 Å². The first-order chi connectivity index (χ1) is 10.8. The molecule has 4 nitrogen and oxygen atoms in total. The van der Waals surface area contributed by atoms with Crippen molar-refractivity contribution in [3.63, 3.8) is 0 Å². The maximum absolute atomic E-state index is 12.5. The van der Waals surface area contributed by atoms with Crippen LogP contribution >= 0.6 is 11.3 Å². The fraction of sp³-hybridized carbons (Fsp3) is 0.176. The van der Waals surface area contributed by atoms with Crippen LogP contribution in [0.25, 0.3) is 10.6 Å². The predicted octanol–water partition coefficient (Wildman–Crippen LogP) is 3.53. The van der Waals surface area contributed by atoms with Crippen LogP contribution in [0.15, 0.2) is 52.4 Å². The summed E-state index contributed by atoms with van der Waals surface area (Å²) < 4.78 is 5.33. The van der Waals surface area contributed by atoms with E-state index in [4.69, 9.17) is 4.52 Å². The Kier molecular flexibility index (Phi) is 3.27. The second kappa shape index (κ2) is 5.42. The van der Waals surface area contributed by atoms with Gasteiger partial charge in [-0.1, -0.05) is 29.4 Å². The lowest BCUT2D eigenvalue weighted by molar-refractivity contribution is -0.118. The molecule has 0 unspecified atom stereocenters. The second-order valence-electron chi connectivity index (χ2n) is 5.26. The molecule has 4 rings (SSSR count). The first kappa shape index (κ1) is 13.3. The highest BCUT2D eigenvalue weighted by Crippen LogP contribution is 2.29. The minimum absolute atomic E-state index is 0.0657. The number of aromatic nitrogens is 1. The fourth-order valence-corrected chi connectivity index (χ4v) is 3.45. The lowest BCUT2D eigenvalue weighted by Crippen LogP contribution is -2.30. The molecular weight excluding hydrogens is 296 g/mol. The number of rotatable bonds is 3. The van der Waals surface area contributed by atoms with Crippen molar-refractivity contribution in [2.45, 2.75) is 12.8 Å². The molecule has 3 aromatic rings. The maximum Gasteiger partial charge on any atom is 0.233 e. The van der Waals surface area contributed by atoms with Gasteiger partial charge in [-0.15, -0.1) is 11.3 Å². The van der Waals surface area contributed by atoms with Crippen molar-refractivity contribution in [3.05, 3.63) is 59.1 Å². The molecule has 2 aromatic heterocycles. The largest absolute Gasteiger partial charge is 0.355 e. The average molecular weight is 310 g/mol. The smallest absolute Gasteiger partial charge is 0.233 e. The quantitative estimate of drug-likeness (QED) is 0.743. The van der Waals surface area contributed by atoms with Gasteiger partial charge in [-0.05, 0) is 29.5 Å². The lowest BCUT2D eigenvalue weighted by atomic mass is 10.2. The Bertz CT molecular complexity index is 808. The van der Waals surface area contributed by atoms with E-state index in [2.05, 4.69) is 11.2 Å². The molecule has 22 heavy (non-hydrogen) atoms. The van der Waals surface area contributed by atoms with Crippen molar-refractivity contribution in [2.75, 3.05) is 11.4 Å². The van der Waals surface area contributed by atoms with E-state index in [0.717, 1.165) is 29.3 Å². The van der Waals surface area contributed by atoms with E-state index in [9.17, 15) is 4.79 Å². The van der Waals surface area contributed by atoms with Crippen molar-refractivity contribution in [2.24, 2.45) is 0 Å². The van der Waals surface area contributed by atoms with Crippen LogP contribution in [0.1, 0.15) is 11.3 Å². The average Bonchev–Trinajstić information content (AvgIpc) is 3.27. The number of carbonyl (C=O) groups excluding carboxylic acids is 1. The predicted molar refractivity (Wildman–Crippen MR) is 86.0 cm³/mol. The number of hydrogen-bond acceptors (Lipinski definition) is 4. The Hall–Kier alpha value is -2.40. The molecular formula is C17H14N2O2S. The van der Waals surface area contributed by atoms with E-state index in [1.807, 2.05) is 46.7 Å². The minimum atomic E-state index is 0.0657. The molecule has 1 amide bonds. The summed E-state index contributed by atoms with van der Waals surface area (Å²) in [6.45, 7) is 0.744. The summed E-state index contributed by atoms with van der Waals surface area (Å²) in [5.41, 5.74) is 2.93. The Morgan fingerprint density at radius 1 is 1.27 bits per heavy atom. The van der Waals surface area contributed by atoms with Gasteiger partial charge in [-0.2, -0.15) is 0 Å². The topological polar surface area (TPSA) is 46.3 Å². The molecule has 0 bridgehead atoms. The fourth-order valence-electron chi connectivity index (χ4n) is 2.78. The summed E-state index contributed by atoms with van der Waals surface area (Å²) in [5.74, 6) is 0.788. The molecule has 0 aliphatic carbocycles. The third kappa shape index (κ3) is 2.33. The Balaban J connectivity index is 1.51. The molecule has 0 radical (unpaired) electrons.